The number of hydrogen-bond acceptors (Lipinski definition) is 2. The Kier molecular flexibility index (Phi) is 7.32. The Balaban J connectivity index is 2.19. The fourth-order valence-corrected chi connectivity index (χ4v) is 6.52. The molecular formula is C30H44O2. The Morgan fingerprint density at radius 3 is 1.34 bits per heavy atom. The van der Waals surface area contributed by atoms with Gasteiger partial charge in [0, 0.05) is 5.41 Å². The van der Waals surface area contributed by atoms with Crippen molar-refractivity contribution in [3.05, 3.63) is 59.7 Å². The van der Waals surface area contributed by atoms with Crippen LogP contribution in [0.4, 0.5) is 0 Å². The van der Waals surface area contributed by atoms with Gasteiger partial charge in [0.05, 0.1) is 0 Å². The minimum atomic E-state index is -0.120. The van der Waals surface area contributed by atoms with E-state index in [0.29, 0.717) is 23.3 Å². The molecule has 1 saturated carbocycles. The Morgan fingerprint density at radius 2 is 1.03 bits per heavy atom. The molecule has 2 aromatic carbocycles. The van der Waals surface area contributed by atoms with Crippen molar-refractivity contribution < 1.29 is 10.2 Å². The van der Waals surface area contributed by atoms with Crippen molar-refractivity contribution in [3.8, 4) is 11.5 Å². The molecule has 32 heavy (non-hydrogen) atoms. The molecule has 0 radical (unpaired) electrons. The Morgan fingerprint density at radius 1 is 0.688 bits per heavy atom. The quantitative estimate of drug-likeness (QED) is 0.436. The lowest BCUT2D eigenvalue weighted by atomic mass is 9.51. The molecule has 176 valence electrons. The highest BCUT2D eigenvalue weighted by Crippen LogP contribution is 2.58. The van der Waals surface area contributed by atoms with E-state index in [0.717, 1.165) is 12.8 Å². The first kappa shape index (κ1) is 24.7. The first-order valence-electron chi connectivity index (χ1n) is 12.6. The second kappa shape index (κ2) is 9.49. The predicted octanol–water partition coefficient (Wildman–Crippen LogP) is 8.45. The average Bonchev–Trinajstić information content (AvgIpc) is 2.74. The SMILES string of the molecule is CCCC(C)(C)C1CC(C(C)(C)CCC)CC(c2ccc(O)cc2)(c2ccc(O)cc2)C1. The van der Waals surface area contributed by atoms with E-state index >= 15 is 0 Å². The van der Waals surface area contributed by atoms with Gasteiger partial charge in [0.2, 0.25) is 0 Å². The van der Waals surface area contributed by atoms with E-state index in [1.165, 1.54) is 43.2 Å². The van der Waals surface area contributed by atoms with Gasteiger partial charge in [-0.15, -0.1) is 0 Å². The van der Waals surface area contributed by atoms with Crippen LogP contribution in [-0.2, 0) is 5.41 Å². The smallest absolute Gasteiger partial charge is 0.115 e. The first-order valence-corrected chi connectivity index (χ1v) is 12.6. The molecule has 0 amide bonds. The van der Waals surface area contributed by atoms with Crippen LogP contribution in [0.5, 0.6) is 11.5 Å². The summed E-state index contributed by atoms with van der Waals surface area (Å²) < 4.78 is 0. The second-order valence-corrected chi connectivity index (χ2v) is 11.7. The van der Waals surface area contributed by atoms with Gasteiger partial charge < -0.3 is 10.2 Å². The molecule has 0 spiro atoms. The van der Waals surface area contributed by atoms with Crippen molar-refractivity contribution in [2.45, 2.75) is 91.9 Å². The summed E-state index contributed by atoms with van der Waals surface area (Å²) in [6.07, 6.45) is 8.37. The van der Waals surface area contributed by atoms with E-state index in [4.69, 9.17) is 0 Å². The van der Waals surface area contributed by atoms with Crippen LogP contribution in [0.1, 0.15) is 97.6 Å². The highest BCUT2D eigenvalue weighted by Gasteiger charge is 2.49. The molecule has 0 aliphatic heterocycles. The third-order valence-corrected chi connectivity index (χ3v) is 8.60. The molecule has 2 unspecified atom stereocenters. The lowest BCUT2D eigenvalue weighted by molar-refractivity contribution is 0.0234. The summed E-state index contributed by atoms with van der Waals surface area (Å²) in [6.45, 7) is 14.5. The van der Waals surface area contributed by atoms with Crippen molar-refractivity contribution in [2.24, 2.45) is 22.7 Å². The van der Waals surface area contributed by atoms with Crippen LogP contribution in [-0.4, -0.2) is 10.2 Å². The van der Waals surface area contributed by atoms with Crippen molar-refractivity contribution in [1.82, 2.24) is 0 Å². The maximum atomic E-state index is 10.0. The molecule has 0 saturated heterocycles. The summed E-state index contributed by atoms with van der Waals surface area (Å²) in [6, 6.07) is 15.9. The third-order valence-electron chi connectivity index (χ3n) is 8.60. The fraction of sp³-hybridized carbons (Fsp3) is 0.600. The zero-order valence-electron chi connectivity index (χ0n) is 21.1. The largest absolute Gasteiger partial charge is 0.508 e. The van der Waals surface area contributed by atoms with E-state index in [9.17, 15) is 10.2 Å². The van der Waals surface area contributed by atoms with Crippen LogP contribution < -0.4 is 0 Å². The summed E-state index contributed by atoms with van der Waals surface area (Å²) in [7, 11) is 0. The van der Waals surface area contributed by atoms with E-state index < -0.39 is 0 Å². The topological polar surface area (TPSA) is 40.5 Å². The molecule has 2 N–H and O–H groups in total. The lowest BCUT2D eigenvalue weighted by Gasteiger charge is -2.53. The highest BCUT2D eigenvalue weighted by molar-refractivity contribution is 5.44. The van der Waals surface area contributed by atoms with Gasteiger partial charge in [-0.1, -0.05) is 78.6 Å². The van der Waals surface area contributed by atoms with Crippen LogP contribution in [0.3, 0.4) is 0 Å². The molecule has 2 nitrogen and oxygen atoms in total. The van der Waals surface area contributed by atoms with Gasteiger partial charge in [0.15, 0.2) is 0 Å². The third kappa shape index (κ3) is 5.00. The summed E-state index contributed by atoms with van der Waals surface area (Å²) in [4.78, 5) is 0. The summed E-state index contributed by atoms with van der Waals surface area (Å²) in [5, 5.41) is 20.0. The Bertz CT molecular complexity index is 787. The van der Waals surface area contributed by atoms with Crippen LogP contribution in [0.15, 0.2) is 48.5 Å². The van der Waals surface area contributed by atoms with Gasteiger partial charge >= 0.3 is 0 Å². The van der Waals surface area contributed by atoms with E-state index in [-0.39, 0.29) is 16.2 Å². The molecular weight excluding hydrogens is 392 g/mol. The lowest BCUT2D eigenvalue weighted by Crippen LogP contribution is -2.46. The van der Waals surface area contributed by atoms with Gasteiger partial charge in [-0.2, -0.15) is 0 Å². The monoisotopic (exact) mass is 436 g/mol. The zero-order valence-corrected chi connectivity index (χ0v) is 21.1. The standard InChI is InChI=1S/C30H44O2/c1-7-17-28(3,4)24-19-25(29(5,6)18-8-2)21-30(20-24,22-9-13-26(31)14-10-22)23-11-15-27(32)16-12-23/h9-16,24-25,31-32H,7-8,17-21H2,1-6H3. The molecule has 1 fully saturated rings. The van der Waals surface area contributed by atoms with Crippen LogP contribution in [0.25, 0.3) is 0 Å². The highest BCUT2D eigenvalue weighted by atomic mass is 16.3. The number of rotatable bonds is 8. The summed E-state index contributed by atoms with van der Waals surface area (Å²) >= 11 is 0. The Hall–Kier alpha value is -1.96. The maximum Gasteiger partial charge on any atom is 0.115 e. The number of benzene rings is 2. The predicted molar refractivity (Wildman–Crippen MR) is 135 cm³/mol. The van der Waals surface area contributed by atoms with E-state index in [2.05, 4.69) is 65.8 Å². The second-order valence-electron chi connectivity index (χ2n) is 11.7. The molecule has 0 heterocycles. The summed E-state index contributed by atoms with van der Waals surface area (Å²) in [5.74, 6) is 1.85. The molecule has 1 aliphatic rings. The molecule has 2 heteroatoms. The van der Waals surface area contributed by atoms with Crippen LogP contribution >= 0.6 is 0 Å². The molecule has 0 aromatic heterocycles. The van der Waals surface area contributed by atoms with Gasteiger partial charge in [0.25, 0.3) is 0 Å². The van der Waals surface area contributed by atoms with Gasteiger partial charge in [0.1, 0.15) is 11.5 Å². The maximum absolute atomic E-state index is 10.0. The van der Waals surface area contributed by atoms with E-state index in [1.807, 2.05) is 24.3 Å². The molecule has 1 aliphatic carbocycles. The van der Waals surface area contributed by atoms with Crippen molar-refractivity contribution in [2.75, 3.05) is 0 Å². The van der Waals surface area contributed by atoms with Crippen LogP contribution in [0.2, 0.25) is 0 Å². The number of phenolic OH excluding ortho intramolecular Hbond substituents is 2. The van der Waals surface area contributed by atoms with Crippen molar-refractivity contribution in [1.29, 1.82) is 0 Å². The van der Waals surface area contributed by atoms with Gasteiger partial charge in [-0.3, -0.25) is 0 Å². The normalized spacial score (nSPS) is 21.4. The van der Waals surface area contributed by atoms with Crippen molar-refractivity contribution in [3.63, 3.8) is 0 Å². The zero-order chi connectivity index (χ0) is 23.6. The van der Waals surface area contributed by atoms with E-state index in [1.54, 1.807) is 0 Å². The van der Waals surface area contributed by atoms with Gasteiger partial charge in [-0.25, -0.2) is 0 Å². The molecule has 2 atom stereocenters. The Labute approximate surface area is 196 Å². The minimum absolute atomic E-state index is 0.120. The first-order chi connectivity index (χ1) is 15.0. The van der Waals surface area contributed by atoms with Crippen molar-refractivity contribution >= 4 is 0 Å². The molecule has 3 rings (SSSR count). The molecule has 2 aromatic rings. The average molecular weight is 437 g/mol. The number of hydrogen-bond donors (Lipinski definition) is 2. The minimum Gasteiger partial charge on any atom is -0.508 e. The molecule has 0 bridgehead atoms. The number of phenols is 2. The van der Waals surface area contributed by atoms with Gasteiger partial charge in [-0.05, 0) is 90.2 Å². The van der Waals surface area contributed by atoms with Crippen LogP contribution in [0, 0.1) is 22.7 Å². The fourth-order valence-electron chi connectivity index (χ4n) is 6.52. The summed E-state index contributed by atoms with van der Waals surface area (Å²) in [5.41, 5.74) is 3.00. The number of aromatic hydroxyl groups is 2.